The Labute approximate surface area is 183 Å². The number of carbonyl (C=O) groups excluding carboxylic acids is 2. The lowest BCUT2D eigenvalue weighted by atomic mass is 9.94. The van der Waals surface area contributed by atoms with Crippen molar-refractivity contribution in [2.75, 3.05) is 5.88 Å². The molecule has 2 amide bonds. The molecule has 0 radical (unpaired) electrons. The molecule has 1 fully saturated rings. The van der Waals surface area contributed by atoms with E-state index in [0.717, 1.165) is 36.8 Å². The number of ether oxygens (including phenoxy) is 1. The van der Waals surface area contributed by atoms with Gasteiger partial charge in [-0.25, -0.2) is 4.79 Å². The summed E-state index contributed by atoms with van der Waals surface area (Å²) in [5.74, 6) is -0.391. The van der Waals surface area contributed by atoms with Gasteiger partial charge in [-0.1, -0.05) is 60.7 Å². The molecule has 0 heterocycles. The second-order valence-electron chi connectivity index (χ2n) is 7.75. The Hall–Kier alpha value is -2.53. The quantitative estimate of drug-likeness (QED) is 0.587. The zero-order valence-corrected chi connectivity index (χ0v) is 17.8. The van der Waals surface area contributed by atoms with E-state index in [4.69, 9.17) is 16.3 Å². The highest BCUT2D eigenvalue weighted by atomic mass is 35.5. The fourth-order valence-corrected chi connectivity index (χ4v) is 3.99. The molecule has 0 aromatic heterocycles. The SMILES string of the molecule is O=C(CCl)N[C@@H](Cc1ccccc1)[C@H](Cc1ccccc1)NC(=O)OC1CCCC1. The molecule has 2 N–H and O–H groups in total. The third-order valence-electron chi connectivity index (χ3n) is 5.43. The largest absolute Gasteiger partial charge is 0.446 e. The van der Waals surface area contributed by atoms with Crippen molar-refractivity contribution < 1.29 is 14.3 Å². The zero-order valence-electron chi connectivity index (χ0n) is 17.1. The second kappa shape index (κ2) is 11.6. The van der Waals surface area contributed by atoms with Crippen LogP contribution < -0.4 is 10.6 Å². The number of hydrogen-bond acceptors (Lipinski definition) is 3. The fourth-order valence-electron chi connectivity index (χ4n) is 3.91. The molecule has 0 saturated heterocycles. The van der Waals surface area contributed by atoms with Gasteiger partial charge in [-0.2, -0.15) is 0 Å². The summed E-state index contributed by atoms with van der Waals surface area (Å²) in [6, 6.07) is 19.1. The highest BCUT2D eigenvalue weighted by molar-refractivity contribution is 6.27. The summed E-state index contributed by atoms with van der Waals surface area (Å²) in [6.07, 6.45) is 4.70. The van der Waals surface area contributed by atoms with E-state index in [0.29, 0.717) is 12.8 Å². The molecule has 1 saturated carbocycles. The van der Waals surface area contributed by atoms with Crippen LogP contribution in [-0.4, -0.2) is 36.1 Å². The topological polar surface area (TPSA) is 67.4 Å². The van der Waals surface area contributed by atoms with Gasteiger partial charge < -0.3 is 15.4 Å². The summed E-state index contributed by atoms with van der Waals surface area (Å²) >= 11 is 5.76. The molecule has 0 aliphatic heterocycles. The van der Waals surface area contributed by atoms with E-state index in [2.05, 4.69) is 10.6 Å². The van der Waals surface area contributed by atoms with Crippen molar-refractivity contribution in [3.8, 4) is 0 Å². The van der Waals surface area contributed by atoms with Crippen molar-refractivity contribution >= 4 is 23.6 Å². The Morgan fingerprint density at radius 1 is 0.867 bits per heavy atom. The van der Waals surface area contributed by atoms with Gasteiger partial charge in [0.15, 0.2) is 0 Å². The van der Waals surface area contributed by atoms with E-state index in [1.165, 1.54) is 0 Å². The summed E-state index contributed by atoms with van der Waals surface area (Å²) in [7, 11) is 0. The minimum atomic E-state index is -0.430. The average Bonchev–Trinajstić information content (AvgIpc) is 3.27. The molecule has 2 aromatic carbocycles. The molecule has 3 rings (SSSR count). The van der Waals surface area contributed by atoms with Gasteiger partial charge in [0.25, 0.3) is 0 Å². The normalized spacial score (nSPS) is 15.9. The van der Waals surface area contributed by atoms with Crippen LogP contribution in [0.5, 0.6) is 0 Å². The molecular weight excluding hydrogens is 400 g/mol. The van der Waals surface area contributed by atoms with Crippen LogP contribution >= 0.6 is 11.6 Å². The molecular formula is C24H29ClN2O3. The van der Waals surface area contributed by atoms with Crippen LogP contribution in [0.15, 0.2) is 60.7 Å². The first-order valence-electron chi connectivity index (χ1n) is 10.5. The maximum absolute atomic E-state index is 12.6. The molecule has 2 aromatic rings. The minimum absolute atomic E-state index is 0.0209. The molecule has 160 valence electrons. The van der Waals surface area contributed by atoms with Crippen molar-refractivity contribution in [2.45, 2.75) is 56.7 Å². The minimum Gasteiger partial charge on any atom is -0.446 e. The van der Waals surface area contributed by atoms with E-state index >= 15 is 0 Å². The number of benzene rings is 2. The van der Waals surface area contributed by atoms with Gasteiger partial charge in [-0.05, 0) is 49.7 Å². The van der Waals surface area contributed by atoms with Crippen LogP contribution in [0.4, 0.5) is 4.79 Å². The maximum atomic E-state index is 12.6. The van der Waals surface area contributed by atoms with E-state index < -0.39 is 6.09 Å². The zero-order chi connectivity index (χ0) is 21.2. The summed E-state index contributed by atoms with van der Waals surface area (Å²) in [6.45, 7) is 0. The van der Waals surface area contributed by atoms with Crippen LogP contribution in [-0.2, 0) is 22.4 Å². The van der Waals surface area contributed by atoms with Crippen LogP contribution in [0.25, 0.3) is 0 Å². The van der Waals surface area contributed by atoms with E-state index in [-0.39, 0.29) is 30.0 Å². The predicted octanol–water partition coefficient (Wildman–Crippen LogP) is 4.23. The first-order valence-corrected chi connectivity index (χ1v) is 11.1. The van der Waals surface area contributed by atoms with Gasteiger partial charge in [0.2, 0.25) is 5.91 Å². The van der Waals surface area contributed by atoms with Gasteiger partial charge >= 0.3 is 6.09 Å². The summed E-state index contributed by atoms with van der Waals surface area (Å²) < 4.78 is 5.62. The molecule has 0 spiro atoms. The third kappa shape index (κ3) is 7.06. The lowest BCUT2D eigenvalue weighted by molar-refractivity contribution is -0.119. The summed E-state index contributed by atoms with van der Waals surface area (Å²) in [5, 5.41) is 6.02. The van der Waals surface area contributed by atoms with Crippen molar-refractivity contribution in [2.24, 2.45) is 0 Å². The van der Waals surface area contributed by atoms with Crippen molar-refractivity contribution in [3.05, 3.63) is 71.8 Å². The maximum Gasteiger partial charge on any atom is 0.407 e. The van der Waals surface area contributed by atoms with Crippen molar-refractivity contribution in [3.63, 3.8) is 0 Å². The predicted molar refractivity (Wildman–Crippen MR) is 119 cm³/mol. The first-order chi connectivity index (χ1) is 14.6. The smallest absolute Gasteiger partial charge is 0.407 e. The molecule has 30 heavy (non-hydrogen) atoms. The molecule has 6 heteroatoms. The number of carbonyl (C=O) groups is 2. The molecule has 0 unspecified atom stereocenters. The molecule has 5 nitrogen and oxygen atoms in total. The van der Waals surface area contributed by atoms with Gasteiger partial charge in [-0.15, -0.1) is 11.6 Å². The monoisotopic (exact) mass is 428 g/mol. The Morgan fingerprint density at radius 3 is 1.87 bits per heavy atom. The van der Waals surface area contributed by atoms with Crippen LogP contribution in [0, 0.1) is 0 Å². The number of alkyl halides is 1. The van der Waals surface area contributed by atoms with Gasteiger partial charge in [0, 0.05) is 0 Å². The number of hydrogen-bond donors (Lipinski definition) is 2. The standard InChI is InChI=1S/C24H29ClN2O3/c25-17-23(28)26-21(15-18-9-3-1-4-10-18)22(16-19-11-5-2-6-12-19)27-24(29)30-20-13-7-8-14-20/h1-6,9-12,20-22H,7-8,13-17H2,(H,26,28)(H,27,29)/t21-,22-/m0/s1. The average molecular weight is 429 g/mol. The van der Waals surface area contributed by atoms with Gasteiger partial charge in [0.1, 0.15) is 12.0 Å². The fraction of sp³-hybridized carbons (Fsp3) is 0.417. The number of alkyl carbamates (subject to hydrolysis) is 1. The van der Waals surface area contributed by atoms with Crippen LogP contribution in [0.2, 0.25) is 0 Å². The van der Waals surface area contributed by atoms with Gasteiger partial charge in [0.05, 0.1) is 12.1 Å². The van der Waals surface area contributed by atoms with Crippen LogP contribution in [0.1, 0.15) is 36.8 Å². The Morgan fingerprint density at radius 2 is 1.37 bits per heavy atom. The Balaban J connectivity index is 1.78. The number of rotatable bonds is 9. The van der Waals surface area contributed by atoms with E-state index in [1.54, 1.807) is 0 Å². The third-order valence-corrected chi connectivity index (χ3v) is 5.67. The molecule has 2 atom stereocenters. The lowest BCUT2D eigenvalue weighted by Gasteiger charge is -2.29. The number of amides is 2. The van der Waals surface area contributed by atoms with E-state index in [1.807, 2.05) is 60.7 Å². The second-order valence-corrected chi connectivity index (χ2v) is 8.02. The molecule has 1 aliphatic carbocycles. The summed E-state index contributed by atoms with van der Waals surface area (Å²) in [4.78, 5) is 24.8. The molecule has 1 aliphatic rings. The van der Waals surface area contributed by atoms with Gasteiger partial charge in [-0.3, -0.25) is 4.79 Å². The Kier molecular flexibility index (Phi) is 8.57. The number of halogens is 1. The van der Waals surface area contributed by atoms with Crippen LogP contribution in [0.3, 0.4) is 0 Å². The highest BCUT2D eigenvalue weighted by Gasteiger charge is 2.28. The Bertz CT molecular complexity index is 795. The molecule has 0 bridgehead atoms. The summed E-state index contributed by atoms with van der Waals surface area (Å²) in [5.41, 5.74) is 2.14. The van der Waals surface area contributed by atoms with E-state index in [9.17, 15) is 9.59 Å². The lowest BCUT2D eigenvalue weighted by Crippen LogP contribution is -2.54. The van der Waals surface area contributed by atoms with Crippen molar-refractivity contribution in [1.82, 2.24) is 10.6 Å². The van der Waals surface area contributed by atoms with Crippen molar-refractivity contribution in [1.29, 1.82) is 0 Å². The number of nitrogens with one attached hydrogen (secondary N) is 2. The highest BCUT2D eigenvalue weighted by Crippen LogP contribution is 2.21. The first kappa shape index (κ1) is 22.2.